The fourth-order valence-electron chi connectivity index (χ4n) is 2.71. The first kappa shape index (κ1) is 16.1. The second-order valence-corrected chi connectivity index (χ2v) is 7.24. The van der Waals surface area contributed by atoms with Crippen LogP contribution in [0.4, 0.5) is 8.78 Å². The van der Waals surface area contributed by atoms with Crippen molar-refractivity contribution in [2.45, 2.75) is 6.04 Å². The van der Waals surface area contributed by atoms with Gasteiger partial charge in [-0.2, -0.15) is 0 Å². The van der Waals surface area contributed by atoms with Gasteiger partial charge in [-0.3, -0.25) is 4.90 Å². The molecule has 7 heteroatoms. The zero-order valence-electron chi connectivity index (χ0n) is 11.6. The van der Waals surface area contributed by atoms with Crippen molar-refractivity contribution in [1.82, 2.24) is 10.2 Å². The van der Waals surface area contributed by atoms with E-state index in [1.54, 1.807) is 6.07 Å². The number of halogens is 4. The summed E-state index contributed by atoms with van der Waals surface area (Å²) in [5, 5.41) is 3.17. The average Bonchev–Trinajstić information content (AvgIpc) is 2.94. The minimum absolute atomic E-state index is 0.00656. The third-order valence-corrected chi connectivity index (χ3v) is 5.31. The van der Waals surface area contributed by atoms with Crippen molar-refractivity contribution in [2.75, 3.05) is 26.2 Å². The van der Waals surface area contributed by atoms with Crippen LogP contribution >= 0.6 is 34.5 Å². The summed E-state index contributed by atoms with van der Waals surface area (Å²) in [5.74, 6) is -1.29. The lowest BCUT2D eigenvalue weighted by molar-refractivity contribution is 0.194. The second-order valence-electron chi connectivity index (χ2n) is 5.09. The first-order valence-corrected chi connectivity index (χ1v) is 8.48. The van der Waals surface area contributed by atoms with Crippen molar-refractivity contribution >= 4 is 34.5 Å². The number of benzene rings is 1. The Morgan fingerprint density at radius 2 is 1.82 bits per heavy atom. The molecule has 0 spiro atoms. The van der Waals surface area contributed by atoms with E-state index in [4.69, 9.17) is 23.2 Å². The van der Waals surface area contributed by atoms with Crippen molar-refractivity contribution in [3.8, 4) is 0 Å². The van der Waals surface area contributed by atoms with Crippen LogP contribution in [0, 0.1) is 11.6 Å². The smallest absolute Gasteiger partial charge is 0.149 e. The molecule has 1 aliphatic heterocycles. The number of nitrogens with one attached hydrogen (secondary N) is 1. The number of hydrogen-bond donors (Lipinski definition) is 1. The molecule has 0 unspecified atom stereocenters. The standard InChI is InChI=1S/C15H14Cl2F2N2S/c16-9-1-2-10(18)13(14(9)19)15(11-3-4-12(17)22-11)21-7-5-20-6-8-21/h1-4,15,20H,5-8H2/t15-/m0/s1. The van der Waals surface area contributed by atoms with Crippen LogP contribution in [0.1, 0.15) is 16.5 Å². The molecule has 118 valence electrons. The number of hydrogen-bond acceptors (Lipinski definition) is 3. The van der Waals surface area contributed by atoms with Gasteiger partial charge in [0.25, 0.3) is 0 Å². The molecule has 0 radical (unpaired) electrons. The molecule has 22 heavy (non-hydrogen) atoms. The molecule has 2 aromatic rings. The van der Waals surface area contributed by atoms with Gasteiger partial charge in [-0.15, -0.1) is 11.3 Å². The van der Waals surface area contributed by atoms with E-state index in [9.17, 15) is 8.78 Å². The van der Waals surface area contributed by atoms with Crippen molar-refractivity contribution in [3.05, 3.63) is 55.7 Å². The molecule has 1 aliphatic rings. The normalized spacial score (nSPS) is 17.6. The summed E-state index contributed by atoms with van der Waals surface area (Å²) >= 11 is 13.2. The maximum atomic E-state index is 14.5. The Bertz CT molecular complexity index is 672. The van der Waals surface area contributed by atoms with Crippen molar-refractivity contribution in [2.24, 2.45) is 0 Å². The minimum atomic E-state index is -0.699. The number of thiophene rings is 1. The molecular weight excluding hydrogens is 349 g/mol. The molecule has 1 saturated heterocycles. The first-order chi connectivity index (χ1) is 10.6. The van der Waals surface area contributed by atoms with Crippen LogP contribution < -0.4 is 5.32 Å². The Morgan fingerprint density at radius 3 is 2.45 bits per heavy atom. The number of nitrogens with zero attached hydrogens (tertiary/aromatic N) is 1. The van der Waals surface area contributed by atoms with Gasteiger partial charge in [0.15, 0.2) is 0 Å². The fourth-order valence-corrected chi connectivity index (χ4v) is 4.08. The van der Waals surface area contributed by atoms with E-state index in [0.717, 1.165) is 18.0 Å². The molecule has 1 atom stereocenters. The zero-order chi connectivity index (χ0) is 15.7. The van der Waals surface area contributed by atoms with E-state index in [2.05, 4.69) is 10.2 Å². The van der Waals surface area contributed by atoms with Crippen LogP contribution in [0.15, 0.2) is 24.3 Å². The summed E-state index contributed by atoms with van der Waals surface area (Å²) < 4.78 is 29.5. The highest BCUT2D eigenvalue weighted by molar-refractivity contribution is 7.16. The molecule has 0 bridgehead atoms. The Morgan fingerprint density at radius 1 is 1.09 bits per heavy atom. The number of rotatable bonds is 3. The largest absolute Gasteiger partial charge is 0.314 e. The average molecular weight is 363 g/mol. The van der Waals surface area contributed by atoms with Gasteiger partial charge >= 0.3 is 0 Å². The SMILES string of the molecule is Fc1ccc(Cl)c(F)c1[C@H](c1ccc(Cl)s1)N1CCNCC1. The van der Waals surface area contributed by atoms with E-state index in [1.165, 1.54) is 23.5 Å². The number of piperazine rings is 1. The van der Waals surface area contributed by atoms with Gasteiger partial charge in [-0.1, -0.05) is 23.2 Å². The monoisotopic (exact) mass is 362 g/mol. The van der Waals surface area contributed by atoms with Gasteiger partial charge in [0.05, 0.1) is 15.4 Å². The van der Waals surface area contributed by atoms with Gasteiger partial charge in [0.1, 0.15) is 11.6 Å². The van der Waals surface area contributed by atoms with Crippen molar-refractivity contribution in [3.63, 3.8) is 0 Å². The molecule has 0 aliphatic carbocycles. The quantitative estimate of drug-likeness (QED) is 0.817. The first-order valence-electron chi connectivity index (χ1n) is 6.91. The zero-order valence-corrected chi connectivity index (χ0v) is 13.9. The highest BCUT2D eigenvalue weighted by atomic mass is 35.5. The highest BCUT2D eigenvalue weighted by Crippen LogP contribution is 2.39. The van der Waals surface area contributed by atoms with Crippen molar-refractivity contribution < 1.29 is 8.78 Å². The van der Waals surface area contributed by atoms with Crippen LogP contribution in [0.3, 0.4) is 0 Å². The molecule has 0 amide bonds. The van der Waals surface area contributed by atoms with E-state index in [-0.39, 0.29) is 10.6 Å². The van der Waals surface area contributed by atoms with Gasteiger partial charge < -0.3 is 5.32 Å². The van der Waals surface area contributed by atoms with E-state index < -0.39 is 17.7 Å². The Labute approximate surface area is 141 Å². The summed E-state index contributed by atoms with van der Waals surface area (Å²) in [6.45, 7) is 2.95. The van der Waals surface area contributed by atoms with Crippen LogP contribution in [-0.2, 0) is 0 Å². The highest BCUT2D eigenvalue weighted by Gasteiger charge is 2.31. The summed E-state index contributed by atoms with van der Waals surface area (Å²) in [5.41, 5.74) is -0.00656. The second kappa shape index (κ2) is 6.81. The van der Waals surface area contributed by atoms with Crippen LogP contribution in [0.25, 0.3) is 0 Å². The third-order valence-electron chi connectivity index (χ3n) is 3.73. The van der Waals surface area contributed by atoms with Crippen LogP contribution in [0.5, 0.6) is 0 Å². The molecule has 1 fully saturated rings. The Hall–Kier alpha value is -0.720. The van der Waals surface area contributed by atoms with E-state index in [1.807, 2.05) is 6.07 Å². The van der Waals surface area contributed by atoms with Gasteiger partial charge in [0, 0.05) is 36.6 Å². The summed E-state index contributed by atoms with van der Waals surface area (Å²) in [6.07, 6.45) is 0. The lowest BCUT2D eigenvalue weighted by Gasteiger charge is -2.35. The molecule has 1 N–H and O–H groups in total. The predicted octanol–water partition coefficient (Wildman–Crippen LogP) is 4.33. The molecule has 3 rings (SSSR count). The van der Waals surface area contributed by atoms with E-state index in [0.29, 0.717) is 17.4 Å². The summed E-state index contributed by atoms with van der Waals surface area (Å²) in [4.78, 5) is 2.86. The summed E-state index contributed by atoms with van der Waals surface area (Å²) in [6, 6.07) is 5.51. The van der Waals surface area contributed by atoms with Gasteiger partial charge in [0.2, 0.25) is 0 Å². The lowest BCUT2D eigenvalue weighted by atomic mass is 10.0. The topological polar surface area (TPSA) is 15.3 Å². The van der Waals surface area contributed by atoms with Gasteiger partial charge in [-0.05, 0) is 24.3 Å². The molecule has 0 saturated carbocycles. The fraction of sp³-hybridized carbons (Fsp3) is 0.333. The summed E-state index contributed by atoms with van der Waals surface area (Å²) in [7, 11) is 0. The van der Waals surface area contributed by atoms with Crippen LogP contribution in [-0.4, -0.2) is 31.1 Å². The van der Waals surface area contributed by atoms with Crippen LogP contribution in [0.2, 0.25) is 9.36 Å². The maximum Gasteiger partial charge on any atom is 0.149 e. The van der Waals surface area contributed by atoms with Crippen molar-refractivity contribution in [1.29, 1.82) is 0 Å². The molecule has 2 nitrogen and oxygen atoms in total. The van der Waals surface area contributed by atoms with E-state index >= 15 is 0 Å². The Kier molecular flexibility index (Phi) is 5.00. The van der Waals surface area contributed by atoms with Gasteiger partial charge in [-0.25, -0.2) is 8.78 Å². The molecular formula is C15H14Cl2F2N2S. The Balaban J connectivity index is 2.11. The minimum Gasteiger partial charge on any atom is -0.314 e. The maximum absolute atomic E-state index is 14.5. The molecule has 1 aromatic heterocycles. The molecule has 1 aromatic carbocycles. The predicted molar refractivity (Wildman–Crippen MR) is 87.0 cm³/mol. The third kappa shape index (κ3) is 3.14. The lowest BCUT2D eigenvalue weighted by Crippen LogP contribution is -2.45. The molecule has 2 heterocycles.